The Bertz CT molecular complexity index is 429. The van der Waals surface area contributed by atoms with Crippen LogP contribution >= 0.6 is 0 Å². The molecule has 1 rings (SSSR count). The van der Waals surface area contributed by atoms with Crippen molar-refractivity contribution < 1.29 is 14.7 Å². The van der Waals surface area contributed by atoms with Crippen molar-refractivity contribution in [3.8, 4) is 0 Å². The van der Waals surface area contributed by atoms with Crippen LogP contribution in [0.3, 0.4) is 0 Å². The zero-order valence-electron chi connectivity index (χ0n) is 10.4. The molecule has 0 saturated carbocycles. The standard InChI is InChI=1S/C12H17N3O3/c1-8(18-2)7-14-12(16)10-5-3-9(4-6-10)11(13)15-17/h3-6,8,17H,7H2,1-2H3,(H2,13,15)(H,14,16). The molecule has 0 aliphatic rings. The molecule has 0 bridgehead atoms. The number of amides is 1. The summed E-state index contributed by atoms with van der Waals surface area (Å²) in [6, 6.07) is 6.45. The van der Waals surface area contributed by atoms with Gasteiger partial charge in [-0.15, -0.1) is 0 Å². The van der Waals surface area contributed by atoms with Crippen LogP contribution in [0, 0.1) is 0 Å². The topological polar surface area (TPSA) is 96.9 Å². The van der Waals surface area contributed by atoms with Crippen LogP contribution in [0.5, 0.6) is 0 Å². The zero-order chi connectivity index (χ0) is 13.5. The van der Waals surface area contributed by atoms with Gasteiger partial charge in [0.15, 0.2) is 5.84 Å². The Morgan fingerprint density at radius 1 is 1.44 bits per heavy atom. The summed E-state index contributed by atoms with van der Waals surface area (Å²) in [5, 5.41) is 14.1. The molecule has 1 atom stereocenters. The maximum absolute atomic E-state index is 11.7. The summed E-state index contributed by atoms with van der Waals surface area (Å²) in [6.07, 6.45) is -0.0367. The zero-order valence-corrected chi connectivity index (χ0v) is 10.4. The van der Waals surface area contributed by atoms with Gasteiger partial charge in [0.05, 0.1) is 6.10 Å². The number of oxime groups is 1. The molecule has 0 spiro atoms. The Balaban J connectivity index is 2.65. The highest BCUT2D eigenvalue weighted by Crippen LogP contribution is 2.04. The summed E-state index contributed by atoms with van der Waals surface area (Å²) in [5.74, 6) is -0.181. The van der Waals surface area contributed by atoms with Gasteiger partial charge in [0.2, 0.25) is 0 Å². The Hall–Kier alpha value is -2.08. The minimum absolute atomic E-state index is 0.00923. The summed E-state index contributed by atoms with van der Waals surface area (Å²) in [7, 11) is 1.59. The minimum Gasteiger partial charge on any atom is -0.409 e. The number of carbonyl (C=O) groups excluding carboxylic acids is 1. The molecule has 0 aliphatic carbocycles. The number of methoxy groups -OCH3 is 1. The average molecular weight is 251 g/mol. The molecule has 6 nitrogen and oxygen atoms in total. The van der Waals surface area contributed by atoms with Crippen LogP contribution in [0.15, 0.2) is 29.4 Å². The van der Waals surface area contributed by atoms with Crippen LogP contribution in [-0.2, 0) is 4.74 Å². The van der Waals surface area contributed by atoms with Gasteiger partial charge in [-0.25, -0.2) is 0 Å². The molecule has 1 aromatic rings. The second-order valence-electron chi connectivity index (χ2n) is 3.82. The van der Waals surface area contributed by atoms with Gasteiger partial charge in [0, 0.05) is 24.8 Å². The Kier molecular flexibility index (Phi) is 5.13. The van der Waals surface area contributed by atoms with Crippen molar-refractivity contribution in [3.05, 3.63) is 35.4 Å². The lowest BCUT2D eigenvalue weighted by molar-refractivity contribution is 0.0870. The molecule has 98 valence electrons. The number of carbonyl (C=O) groups is 1. The largest absolute Gasteiger partial charge is 0.409 e. The second kappa shape index (κ2) is 6.61. The molecule has 6 heteroatoms. The minimum atomic E-state index is -0.190. The van der Waals surface area contributed by atoms with E-state index >= 15 is 0 Å². The summed E-state index contributed by atoms with van der Waals surface area (Å²) >= 11 is 0. The molecule has 0 saturated heterocycles. The number of hydrogen-bond donors (Lipinski definition) is 3. The Morgan fingerprint density at radius 2 is 2.00 bits per heavy atom. The first-order valence-electron chi connectivity index (χ1n) is 5.47. The molecular formula is C12H17N3O3. The lowest BCUT2D eigenvalue weighted by Gasteiger charge is -2.10. The monoisotopic (exact) mass is 251 g/mol. The molecule has 18 heavy (non-hydrogen) atoms. The summed E-state index contributed by atoms with van der Waals surface area (Å²) in [4.78, 5) is 11.7. The molecule has 0 fully saturated rings. The highest BCUT2D eigenvalue weighted by Gasteiger charge is 2.08. The van der Waals surface area contributed by atoms with Gasteiger partial charge in [0.25, 0.3) is 5.91 Å². The first-order chi connectivity index (χ1) is 8.58. The van der Waals surface area contributed by atoms with Crippen molar-refractivity contribution >= 4 is 11.7 Å². The van der Waals surface area contributed by atoms with E-state index in [1.807, 2.05) is 6.92 Å². The third-order valence-electron chi connectivity index (χ3n) is 2.50. The fraction of sp³-hybridized carbons (Fsp3) is 0.333. The van der Waals surface area contributed by atoms with E-state index in [4.69, 9.17) is 15.7 Å². The summed E-state index contributed by atoms with van der Waals surface area (Å²) in [5.41, 5.74) is 6.48. The van der Waals surface area contributed by atoms with Gasteiger partial charge in [-0.3, -0.25) is 4.79 Å². The number of nitrogens with zero attached hydrogens (tertiary/aromatic N) is 1. The van der Waals surface area contributed by atoms with E-state index in [1.165, 1.54) is 0 Å². The van der Waals surface area contributed by atoms with Crippen LogP contribution in [-0.4, -0.2) is 36.7 Å². The van der Waals surface area contributed by atoms with Gasteiger partial charge in [-0.05, 0) is 19.1 Å². The molecule has 1 amide bonds. The first-order valence-corrected chi connectivity index (χ1v) is 5.47. The number of benzene rings is 1. The van der Waals surface area contributed by atoms with E-state index in [2.05, 4.69) is 10.5 Å². The highest BCUT2D eigenvalue weighted by molar-refractivity contribution is 5.99. The van der Waals surface area contributed by atoms with Gasteiger partial charge < -0.3 is 21.0 Å². The first kappa shape index (κ1) is 14.0. The van der Waals surface area contributed by atoms with Gasteiger partial charge in [-0.2, -0.15) is 0 Å². The van der Waals surface area contributed by atoms with Crippen molar-refractivity contribution in [2.24, 2.45) is 10.9 Å². The molecule has 1 aromatic carbocycles. The van der Waals surface area contributed by atoms with Crippen LogP contribution in [0.2, 0.25) is 0 Å². The van der Waals surface area contributed by atoms with Crippen molar-refractivity contribution in [1.29, 1.82) is 0 Å². The Morgan fingerprint density at radius 3 is 2.50 bits per heavy atom. The van der Waals surface area contributed by atoms with Crippen LogP contribution in [0.4, 0.5) is 0 Å². The molecule has 4 N–H and O–H groups in total. The molecular weight excluding hydrogens is 234 g/mol. The van der Waals surface area contributed by atoms with E-state index in [-0.39, 0.29) is 17.8 Å². The summed E-state index contributed by atoms with van der Waals surface area (Å²) in [6.45, 7) is 2.30. The van der Waals surface area contributed by atoms with Crippen molar-refractivity contribution in [2.75, 3.05) is 13.7 Å². The molecule has 0 aromatic heterocycles. The second-order valence-corrected chi connectivity index (χ2v) is 3.82. The number of rotatable bonds is 5. The van der Waals surface area contributed by atoms with Gasteiger partial charge in [0.1, 0.15) is 0 Å². The van der Waals surface area contributed by atoms with Crippen LogP contribution < -0.4 is 11.1 Å². The van der Waals surface area contributed by atoms with E-state index in [0.29, 0.717) is 17.7 Å². The van der Waals surface area contributed by atoms with Gasteiger partial charge >= 0.3 is 0 Å². The van der Waals surface area contributed by atoms with Crippen molar-refractivity contribution in [3.63, 3.8) is 0 Å². The van der Waals surface area contributed by atoms with E-state index in [1.54, 1.807) is 31.4 Å². The molecule has 0 aliphatic heterocycles. The van der Waals surface area contributed by atoms with E-state index < -0.39 is 0 Å². The smallest absolute Gasteiger partial charge is 0.251 e. The van der Waals surface area contributed by atoms with Crippen molar-refractivity contribution in [2.45, 2.75) is 13.0 Å². The SMILES string of the molecule is COC(C)CNC(=O)c1ccc(/C(N)=N/O)cc1. The molecule has 1 unspecified atom stereocenters. The molecule has 0 radical (unpaired) electrons. The number of ether oxygens (including phenoxy) is 1. The third kappa shape index (κ3) is 3.74. The lowest BCUT2D eigenvalue weighted by Crippen LogP contribution is -2.31. The number of hydrogen-bond acceptors (Lipinski definition) is 4. The van der Waals surface area contributed by atoms with Crippen molar-refractivity contribution in [1.82, 2.24) is 5.32 Å². The summed E-state index contributed by atoms with van der Waals surface area (Å²) < 4.78 is 5.03. The van der Waals surface area contributed by atoms with Crippen LogP contribution in [0.1, 0.15) is 22.8 Å². The number of nitrogens with two attached hydrogens (primary N) is 1. The Labute approximate surface area is 105 Å². The maximum Gasteiger partial charge on any atom is 0.251 e. The fourth-order valence-corrected chi connectivity index (χ4v) is 1.27. The highest BCUT2D eigenvalue weighted by atomic mass is 16.5. The number of amidine groups is 1. The van der Waals surface area contributed by atoms with E-state index in [0.717, 1.165) is 0 Å². The van der Waals surface area contributed by atoms with Crippen LogP contribution in [0.25, 0.3) is 0 Å². The predicted octanol–water partition coefficient (Wildman–Crippen LogP) is 0.546. The number of nitrogens with one attached hydrogen (secondary N) is 1. The lowest BCUT2D eigenvalue weighted by atomic mass is 10.1. The predicted molar refractivity (Wildman–Crippen MR) is 67.8 cm³/mol. The van der Waals surface area contributed by atoms with E-state index in [9.17, 15) is 4.79 Å². The molecule has 0 heterocycles. The maximum atomic E-state index is 11.7. The average Bonchev–Trinajstić information content (AvgIpc) is 2.43. The van der Waals surface area contributed by atoms with Gasteiger partial charge in [-0.1, -0.05) is 17.3 Å². The fourth-order valence-electron chi connectivity index (χ4n) is 1.27. The third-order valence-corrected chi connectivity index (χ3v) is 2.50. The normalized spacial score (nSPS) is 13.1. The quantitative estimate of drug-likeness (QED) is 0.308.